The number of carbonyl (C=O) groups excluding carboxylic acids is 2. The van der Waals surface area contributed by atoms with Crippen LogP contribution in [0.25, 0.3) is 0 Å². The lowest BCUT2D eigenvalue weighted by Gasteiger charge is -2.34. The minimum absolute atomic E-state index is 0.0912. The number of rotatable bonds is 12. The molecule has 36 heavy (non-hydrogen) atoms. The number of carbonyl (C=O) groups is 2. The number of nitrogens with zero attached hydrogens (tertiary/aromatic N) is 3. The molecule has 8 nitrogen and oxygen atoms in total. The molecule has 0 spiro atoms. The van der Waals surface area contributed by atoms with Gasteiger partial charge in [-0.2, -0.15) is 12.7 Å². The first-order valence-corrected chi connectivity index (χ1v) is 13.4. The van der Waals surface area contributed by atoms with Gasteiger partial charge in [-0.3, -0.25) is 9.59 Å². The number of hydrogen-bond acceptors (Lipinski definition) is 4. The summed E-state index contributed by atoms with van der Waals surface area (Å²) >= 11 is 0. The first-order valence-electron chi connectivity index (χ1n) is 12.0. The minimum Gasteiger partial charge on any atom is -0.352 e. The Morgan fingerprint density at radius 3 is 2.25 bits per heavy atom. The Hall–Kier alpha value is -2.98. The Labute approximate surface area is 214 Å². The Kier molecular flexibility index (Phi) is 10.4. The number of halogens is 1. The predicted molar refractivity (Wildman–Crippen MR) is 140 cm³/mol. The molecule has 0 bridgehead atoms. The van der Waals surface area contributed by atoms with E-state index in [9.17, 15) is 22.4 Å². The van der Waals surface area contributed by atoms with E-state index in [1.54, 1.807) is 6.92 Å². The van der Waals surface area contributed by atoms with E-state index in [1.807, 2.05) is 45.0 Å². The highest BCUT2D eigenvalue weighted by molar-refractivity contribution is 7.90. The quantitative estimate of drug-likeness (QED) is 0.464. The molecule has 10 heteroatoms. The lowest BCUT2D eigenvalue weighted by atomic mass is 10.1. The average molecular weight is 521 g/mol. The molecule has 0 unspecified atom stereocenters. The number of anilines is 1. The van der Waals surface area contributed by atoms with E-state index >= 15 is 0 Å². The fourth-order valence-corrected chi connectivity index (χ4v) is 4.79. The largest absolute Gasteiger partial charge is 0.352 e. The first kappa shape index (κ1) is 29.3. The van der Waals surface area contributed by atoms with Gasteiger partial charge in [0, 0.05) is 26.7 Å². The minimum atomic E-state index is -4.22. The number of amides is 2. The van der Waals surface area contributed by atoms with Crippen molar-refractivity contribution in [1.29, 1.82) is 0 Å². The van der Waals surface area contributed by atoms with Gasteiger partial charge in [-0.1, -0.05) is 55.8 Å². The molecule has 1 N–H and O–H groups in total. The molecular formula is C26H37FN4O4S. The zero-order chi connectivity index (χ0) is 27.0. The van der Waals surface area contributed by atoms with Crippen molar-refractivity contribution in [2.45, 2.75) is 59.2 Å². The van der Waals surface area contributed by atoms with Gasteiger partial charge in [0.25, 0.3) is 0 Å². The van der Waals surface area contributed by atoms with Crippen LogP contribution in [0, 0.1) is 12.7 Å². The van der Waals surface area contributed by atoms with Crippen LogP contribution >= 0.6 is 0 Å². The fraction of sp³-hybridized carbons (Fsp3) is 0.462. The predicted octanol–water partition coefficient (Wildman–Crippen LogP) is 3.47. The van der Waals surface area contributed by atoms with Gasteiger partial charge in [-0.25, -0.2) is 8.70 Å². The average Bonchev–Trinajstić information content (AvgIpc) is 2.82. The molecule has 2 aromatic carbocycles. The Balaban J connectivity index is 2.52. The van der Waals surface area contributed by atoms with Crippen LogP contribution in [0.2, 0.25) is 0 Å². The van der Waals surface area contributed by atoms with Crippen LogP contribution in [0.15, 0.2) is 48.5 Å². The topological polar surface area (TPSA) is 90.0 Å². The fourth-order valence-electron chi connectivity index (χ4n) is 3.72. The lowest BCUT2D eigenvalue weighted by molar-refractivity contribution is -0.140. The maximum absolute atomic E-state index is 14.7. The van der Waals surface area contributed by atoms with Crippen molar-refractivity contribution in [2.75, 3.05) is 24.9 Å². The molecule has 198 valence electrons. The summed E-state index contributed by atoms with van der Waals surface area (Å²) in [7, 11) is -1.60. The van der Waals surface area contributed by atoms with Crippen LogP contribution in [0.3, 0.4) is 0 Å². The number of benzene rings is 2. The summed E-state index contributed by atoms with van der Waals surface area (Å²) in [6, 6.07) is 12.0. The third kappa shape index (κ3) is 7.27. The van der Waals surface area contributed by atoms with Gasteiger partial charge in [0.2, 0.25) is 11.8 Å². The number of nitrogens with one attached hydrogen (secondary N) is 1. The molecule has 0 fully saturated rings. The van der Waals surface area contributed by atoms with E-state index < -0.39 is 34.5 Å². The van der Waals surface area contributed by atoms with Gasteiger partial charge in [-0.05, 0) is 44.4 Å². The summed E-state index contributed by atoms with van der Waals surface area (Å²) in [6.45, 7) is 6.97. The molecule has 2 amide bonds. The van der Waals surface area contributed by atoms with E-state index in [0.717, 1.165) is 32.2 Å². The highest BCUT2D eigenvalue weighted by atomic mass is 32.2. The summed E-state index contributed by atoms with van der Waals surface area (Å²) in [6.07, 6.45) is 1.04. The van der Waals surface area contributed by atoms with Crippen LogP contribution in [-0.2, 0) is 26.3 Å². The van der Waals surface area contributed by atoms with Crippen molar-refractivity contribution in [1.82, 2.24) is 14.5 Å². The number of hydrogen-bond donors (Lipinski definition) is 1. The highest BCUT2D eigenvalue weighted by Crippen LogP contribution is 2.24. The van der Waals surface area contributed by atoms with Gasteiger partial charge in [0.15, 0.2) is 0 Å². The molecule has 0 heterocycles. The third-order valence-electron chi connectivity index (χ3n) is 5.96. The maximum atomic E-state index is 14.7. The Morgan fingerprint density at radius 1 is 1.03 bits per heavy atom. The number of para-hydroxylation sites is 1. The molecule has 0 aliphatic rings. The summed E-state index contributed by atoms with van der Waals surface area (Å²) in [4.78, 5) is 28.3. The van der Waals surface area contributed by atoms with Crippen LogP contribution in [-0.4, -0.2) is 62.2 Å². The van der Waals surface area contributed by atoms with Gasteiger partial charge in [0.1, 0.15) is 18.4 Å². The Morgan fingerprint density at radius 2 is 1.69 bits per heavy atom. The second-order valence-electron chi connectivity index (χ2n) is 9.00. The zero-order valence-electron chi connectivity index (χ0n) is 21.9. The SMILES string of the molecule is CC[C@H](C)NC(=O)[C@H](CC)N(Cc1cccc(C)c1)C(=O)CN(c1ccccc1F)S(=O)(=O)N(C)C. The van der Waals surface area contributed by atoms with Crippen LogP contribution in [0.1, 0.15) is 44.7 Å². The van der Waals surface area contributed by atoms with Gasteiger partial charge in [0.05, 0.1) is 5.69 Å². The molecule has 0 aliphatic carbocycles. The Bertz CT molecular complexity index is 1160. The number of aryl methyl sites for hydroxylation is 1. The van der Waals surface area contributed by atoms with Crippen LogP contribution in [0.4, 0.5) is 10.1 Å². The summed E-state index contributed by atoms with van der Waals surface area (Å²) in [5.74, 6) is -1.71. The second-order valence-corrected chi connectivity index (χ2v) is 11.1. The molecule has 2 rings (SSSR count). The van der Waals surface area contributed by atoms with Crippen molar-refractivity contribution < 1.29 is 22.4 Å². The molecular weight excluding hydrogens is 483 g/mol. The third-order valence-corrected chi connectivity index (χ3v) is 7.77. The normalized spacial score (nSPS) is 13.2. The maximum Gasteiger partial charge on any atom is 0.304 e. The summed E-state index contributed by atoms with van der Waals surface area (Å²) < 4.78 is 42.6. The van der Waals surface area contributed by atoms with E-state index in [0.29, 0.717) is 6.42 Å². The van der Waals surface area contributed by atoms with Gasteiger partial charge < -0.3 is 10.2 Å². The van der Waals surface area contributed by atoms with E-state index in [-0.39, 0.29) is 24.2 Å². The lowest BCUT2D eigenvalue weighted by Crippen LogP contribution is -2.54. The molecule has 0 saturated heterocycles. The highest BCUT2D eigenvalue weighted by Gasteiger charge is 2.34. The second kappa shape index (κ2) is 12.8. The zero-order valence-corrected chi connectivity index (χ0v) is 22.7. The molecule has 0 saturated carbocycles. The summed E-state index contributed by atoms with van der Waals surface area (Å²) in [5.41, 5.74) is 1.54. The molecule has 0 aromatic heterocycles. The van der Waals surface area contributed by atoms with E-state index in [1.165, 1.54) is 37.2 Å². The van der Waals surface area contributed by atoms with Crippen molar-refractivity contribution in [2.24, 2.45) is 0 Å². The van der Waals surface area contributed by atoms with E-state index in [4.69, 9.17) is 0 Å². The first-order chi connectivity index (χ1) is 16.9. The smallest absolute Gasteiger partial charge is 0.304 e. The van der Waals surface area contributed by atoms with Gasteiger partial charge in [-0.15, -0.1) is 0 Å². The molecule has 0 aliphatic heterocycles. The van der Waals surface area contributed by atoms with Crippen LogP contribution in [0.5, 0.6) is 0 Å². The van der Waals surface area contributed by atoms with Crippen LogP contribution < -0.4 is 9.62 Å². The summed E-state index contributed by atoms with van der Waals surface area (Å²) in [5, 5.41) is 2.92. The van der Waals surface area contributed by atoms with E-state index in [2.05, 4.69) is 5.32 Å². The van der Waals surface area contributed by atoms with Gasteiger partial charge >= 0.3 is 10.2 Å². The molecule has 2 atom stereocenters. The van der Waals surface area contributed by atoms with Crippen molar-refractivity contribution in [3.05, 3.63) is 65.5 Å². The molecule has 2 aromatic rings. The van der Waals surface area contributed by atoms with Crippen molar-refractivity contribution in [3.63, 3.8) is 0 Å². The molecule has 0 radical (unpaired) electrons. The van der Waals surface area contributed by atoms with Crippen molar-refractivity contribution in [3.8, 4) is 0 Å². The van der Waals surface area contributed by atoms with Crippen molar-refractivity contribution >= 4 is 27.7 Å². The standard InChI is InChI=1S/C26H37FN4O4S/c1-7-20(4)28-26(33)23(8-2)30(17-21-13-11-12-19(3)16-21)25(32)18-31(36(34,35)29(5)6)24-15-10-9-14-22(24)27/h9-16,20,23H,7-8,17-18H2,1-6H3,(H,28,33)/t20-,23-/m0/s1. The monoisotopic (exact) mass is 520 g/mol.